The average molecular weight is 245 g/mol. The Labute approximate surface area is 106 Å². The van der Waals surface area contributed by atoms with Crippen LogP contribution in [0, 0.1) is 13.8 Å². The Morgan fingerprint density at radius 1 is 1.33 bits per heavy atom. The van der Waals surface area contributed by atoms with Crippen molar-refractivity contribution in [2.75, 3.05) is 0 Å². The summed E-state index contributed by atoms with van der Waals surface area (Å²) in [6.07, 6.45) is 0. The fourth-order valence-corrected chi connectivity index (χ4v) is 1.68. The highest BCUT2D eigenvalue weighted by Gasteiger charge is 2.10. The molecule has 0 bridgehead atoms. The van der Waals surface area contributed by atoms with E-state index in [2.05, 4.69) is 5.16 Å². The van der Waals surface area contributed by atoms with Crippen LogP contribution in [0.1, 0.15) is 34.3 Å². The Morgan fingerprint density at radius 3 is 2.72 bits per heavy atom. The molecule has 1 aromatic carbocycles. The summed E-state index contributed by atoms with van der Waals surface area (Å²) >= 11 is 0. The topological polar surface area (TPSA) is 52.3 Å². The van der Waals surface area contributed by atoms with E-state index < -0.39 is 0 Å². The van der Waals surface area contributed by atoms with Crippen LogP contribution in [0.15, 0.2) is 28.8 Å². The molecule has 0 unspecified atom stereocenters. The number of carbonyl (C=O) groups excluding carboxylic acids is 1. The van der Waals surface area contributed by atoms with E-state index in [9.17, 15) is 4.79 Å². The first-order valence-electron chi connectivity index (χ1n) is 5.73. The smallest absolute Gasteiger partial charge is 0.163 e. The molecular weight excluding hydrogens is 230 g/mol. The molecule has 18 heavy (non-hydrogen) atoms. The first-order chi connectivity index (χ1) is 8.56. The monoisotopic (exact) mass is 245 g/mol. The molecule has 4 nitrogen and oxygen atoms in total. The van der Waals surface area contributed by atoms with Crippen molar-refractivity contribution in [1.82, 2.24) is 5.16 Å². The highest BCUT2D eigenvalue weighted by Crippen LogP contribution is 2.21. The van der Waals surface area contributed by atoms with E-state index in [1.807, 2.05) is 32.0 Å². The van der Waals surface area contributed by atoms with Gasteiger partial charge in [0, 0.05) is 6.07 Å². The minimum Gasteiger partial charge on any atom is -0.486 e. The number of ether oxygens (including phenoxy) is 1. The van der Waals surface area contributed by atoms with E-state index in [4.69, 9.17) is 9.26 Å². The molecule has 0 aliphatic heterocycles. The van der Waals surface area contributed by atoms with Crippen LogP contribution in [0.2, 0.25) is 0 Å². The molecule has 0 aliphatic rings. The summed E-state index contributed by atoms with van der Waals surface area (Å²) in [7, 11) is 0. The summed E-state index contributed by atoms with van der Waals surface area (Å²) in [4.78, 5) is 11.5. The molecule has 1 heterocycles. The van der Waals surface area contributed by atoms with Crippen molar-refractivity contribution in [3.05, 3.63) is 46.8 Å². The van der Waals surface area contributed by atoms with Gasteiger partial charge in [0.25, 0.3) is 0 Å². The van der Waals surface area contributed by atoms with Crippen molar-refractivity contribution in [3.8, 4) is 5.75 Å². The minimum absolute atomic E-state index is 0.00923. The van der Waals surface area contributed by atoms with Crippen LogP contribution in [0.3, 0.4) is 0 Å². The zero-order chi connectivity index (χ0) is 13.1. The van der Waals surface area contributed by atoms with Crippen LogP contribution in [0.5, 0.6) is 5.75 Å². The molecular formula is C14H15NO3. The van der Waals surface area contributed by atoms with Gasteiger partial charge in [-0.1, -0.05) is 16.8 Å². The van der Waals surface area contributed by atoms with Gasteiger partial charge in [0.05, 0.1) is 5.56 Å². The van der Waals surface area contributed by atoms with Gasteiger partial charge in [-0.05, 0) is 32.9 Å². The standard InChI is InChI=1S/C14H15NO3/c1-9-4-5-14(13(6-9)11(3)16)17-8-12-7-10(2)18-15-12/h4-7H,8H2,1-3H3. The van der Waals surface area contributed by atoms with Crippen LogP contribution in [-0.2, 0) is 6.61 Å². The Hall–Kier alpha value is -2.10. The Kier molecular flexibility index (Phi) is 3.46. The lowest BCUT2D eigenvalue weighted by Crippen LogP contribution is -2.02. The number of nitrogens with zero attached hydrogens (tertiary/aromatic N) is 1. The van der Waals surface area contributed by atoms with E-state index in [0.29, 0.717) is 23.6 Å². The maximum Gasteiger partial charge on any atom is 0.163 e. The fourth-order valence-electron chi connectivity index (χ4n) is 1.68. The second-order valence-electron chi connectivity index (χ2n) is 4.27. The number of rotatable bonds is 4. The molecule has 1 aromatic heterocycles. The number of aryl methyl sites for hydroxylation is 2. The third-order valence-electron chi connectivity index (χ3n) is 2.57. The number of benzene rings is 1. The van der Waals surface area contributed by atoms with Crippen LogP contribution in [-0.4, -0.2) is 10.9 Å². The van der Waals surface area contributed by atoms with Gasteiger partial charge in [-0.15, -0.1) is 0 Å². The molecule has 0 saturated carbocycles. The Morgan fingerprint density at radius 2 is 2.11 bits per heavy atom. The predicted octanol–water partition coefficient (Wildman–Crippen LogP) is 3.07. The largest absolute Gasteiger partial charge is 0.486 e. The Bertz CT molecular complexity index is 572. The van der Waals surface area contributed by atoms with E-state index in [0.717, 1.165) is 11.3 Å². The average Bonchev–Trinajstić information content (AvgIpc) is 2.73. The highest BCUT2D eigenvalue weighted by atomic mass is 16.5. The lowest BCUT2D eigenvalue weighted by atomic mass is 10.1. The van der Waals surface area contributed by atoms with Gasteiger partial charge >= 0.3 is 0 Å². The molecule has 2 rings (SSSR count). The first kappa shape index (κ1) is 12.4. The molecule has 0 saturated heterocycles. The molecule has 2 aromatic rings. The molecule has 0 atom stereocenters. The molecule has 94 valence electrons. The van der Waals surface area contributed by atoms with Crippen molar-refractivity contribution in [3.63, 3.8) is 0 Å². The number of Topliss-reactive ketones (excluding diaryl/α,β-unsaturated/α-hetero) is 1. The molecule has 0 radical (unpaired) electrons. The van der Waals surface area contributed by atoms with Crippen molar-refractivity contribution < 1.29 is 14.1 Å². The van der Waals surface area contributed by atoms with Crippen LogP contribution < -0.4 is 4.74 Å². The fraction of sp³-hybridized carbons (Fsp3) is 0.286. The highest BCUT2D eigenvalue weighted by molar-refractivity contribution is 5.97. The second kappa shape index (κ2) is 5.04. The summed E-state index contributed by atoms with van der Waals surface area (Å²) < 4.78 is 10.6. The molecule has 0 spiro atoms. The first-order valence-corrected chi connectivity index (χ1v) is 5.73. The third-order valence-corrected chi connectivity index (χ3v) is 2.57. The van der Waals surface area contributed by atoms with Crippen molar-refractivity contribution in [2.24, 2.45) is 0 Å². The minimum atomic E-state index is -0.00923. The Balaban J connectivity index is 2.16. The van der Waals surface area contributed by atoms with Crippen LogP contribution in [0.25, 0.3) is 0 Å². The summed E-state index contributed by atoms with van der Waals surface area (Å²) in [5.41, 5.74) is 2.34. The summed E-state index contributed by atoms with van der Waals surface area (Å²) in [6, 6.07) is 7.35. The molecule has 4 heteroatoms. The van der Waals surface area contributed by atoms with Crippen molar-refractivity contribution in [1.29, 1.82) is 0 Å². The normalized spacial score (nSPS) is 10.4. The van der Waals surface area contributed by atoms with Gasteiger partial charge in [0.2, 0.25) is 0 Å². The molecule has 0 amide bonds. The number of hydrogen-bond acceptors (Lipinski definition) is 4. The van der Waals surface area contributed by atoms with Gasteiger partial charge in [-0.3, -0.25) is 4.79 Å². The van der Waals surface area contributed by atoms with Gasteiger partial charge < -0.3 is 9.26 Å². The van der Waals surface area contributed by atoms with E-state index in [1.165, 1.54) is 6.92 Å². The lowest BCUT2D eigenvalue weighted by Gasteiger charge is -2.09. The number of carbonyl (C=O) groups is 1. The summed E-state index contributed by atoms with van der Waals surface area (Å²) in [5, 5.41) is 3.84. The van der Waals surface area contributed by atoms with Gasteiger partial charge in [0.15, 0.2) is 5.78 Å². The predicted molar refractivity (Wildman–Crippen MR) is 66.8 cm³/mol. The number of ketones is 1. The van der Waals surface area contributed by atoms with Gasteiger partial charge in [0.1, 0.15) is 23.8 Å². The zero-order valence-corrected chi connectivity index (χ0v) is 10.7. The molecule has 0 fully saturated rings. The number of hydrogen-bond donors (Lipinski definition) is 0. The van der Waals surface area contributed by atoms with Crippen molar-refractivity contribution >= 4 is 5.78 Å². The van der Waals surface area contributed by atoms with E-state index in [-0.39, 0.29) is 5.78 Å². The van der Waals surface area contributed by atoms with E-state index in [1.54, 1.807) is 6.07 Å². The maximum atomic E-state index is 11.5. The summed E-state index contributed by atoms with van der Waals surface area (Å²) in [6.45, 7) is 5.59. The van der Waals surface area contributed by atoms with Gasteiger partial charge in [-0.2, -0.15) is 0 Å². The lowest BCUT2D eigenvalue weighted by molar-refractivity contribution is 0.101. The van der Waals surface area contributed by atoms with Crippen LogP contribution in [0.4, 0.5) is 0 Å². The van der Waals surface area contributed by atoms with E-state index >= 15 is 0 Å². The van der Waals surface area contributed by atoms with Crippen LogP contribution >= 0.6 is 0 Å². The van der Waals surface area contributed by atoms with Gasteiger partial charge in [-0.25, -0.2) is 0 Å². The molecule has 0 N–H and O–H groups in total. The number of aromatic nitrogens is 1. The summed E-state index contributed by atoms with van der Waals surface area (Å²) in [5.74, 6) is 1.31. The maximum absolute atomic E-state index is 11.5. The van der Waals surface area contributed by atoms with Crippen molar-refractivity contribution in [2.45, 2.75) is 27.4 Å². The quantitative estimate of drug-likeness (QED) is 0.777. The molecule has 0 aliphatic carbocycles. The second-order valence-corrected chi connectivity index (χ2v) is 4.27. The zero-order valence-electron chi connectivity index (χ0n) is 10.7. The third kappa shape index (κ3) is 2.77. The SMILES string of the molecule is CC(=O)c1cc(C)ccc1OCc1cc(C)on1.